The van der Waals surface area contributed by atoms with Crippen molar-refractivity contribution in [2.75, 3.05) is 0 Å². The molecular weight excluding hydrogens is 191 g/mol. The van der Waals surface area contributed by atoms with Gasteiger partial charge in [0.05, 0.1) is 0 Å². The summed E-state index contributed by atoms with van der Waals surface area (Å²) in [6.07, 6.45) is 10.8. The first kappa shape index (κ1) is 11.7. The minimum atomic E-state index is 0.195. The second-order valence-corrected chi connectivity index (χ2v) is 4.62. The number of hydrogen-bond acceptors (Lipinski definition) is 1. The Hall–Kier alpha value is -0.420. The Bertz CT molecular complexity index is 295. The van der Waals surface area contributed by atoms with Gasteiger partial charge < -0.3 is 0 Å². The fourth-order valence-electron chi connectivity index (χ4n) is 1.51. The third-order valence-electron chi connectivity index (χ3n) is 2.68. The van der Waals surface area contributed by atoms with Gasteiger partial charge in [-0.3, -0.25) is 0 Å². The maximum absolute atomic E-state index is 11.0. The quantitative estimate of drug-likeness (QED) is 0.635. The second-order valence-electron chi connectivity index (χ2n) is 3.89. The molecule has 1 nitrogen and oxygen atoms in total. The summed E-state index contributed by atoms with van der Waals surface area (Å²) < 4.78 is 11.0. The molecule has 0 aliphatic heterocycles. The molecule has 0 heterocycles. The van der Waals surface area contributed by atoms with E-state index in [0.29, 0.717) is 5.92 Å². The minimum absolute atomic E-state index is 0.195. The molecular formula is C12H18OP+. The van der Waals surface area contributed by atoms with Gasteiger partial charge in [-0.25, -0.2) is 0 Å². The summed E-state index contributed by atoms with van der Waals surface area (Å²) >= 11 is 0. The zero-order valence-corrected chi connectivity index (χ0v) is 9.89. The SMILES string of the molecule is CCC(C)CC(=[P+]=O)C1=CCCC=C1. The van der Waals surface area contributed by atoms with Crippen molar-refractivity contribution in [2.45, 2.75) is 39.5 Å². The third kappa shape index (κ3) is 3.38. The van der Waals surface area contributed by atoms with Crippen molar-refractivity contribution in [3.05, 3.63) is 23.8 Å². The Balaban J connectivity index is 2.68. The van der Waals surface area contributed by atoms with Crippen LogP contribution in [0.3, 0.4) is 0 Å². The van der Waals surface area contributed by atoms with Crippen molar-refractivity contribution in [2.24, 2.45) is 5.92 Å². The molecule has 0 aromatic heterocycles. The van der Waals surface area contributed by atoms with E-state index >= 15 is 0 Å². The molecule has 76 valence electrons. The molecule has 0 aromatic rings. The molecule has 1 aliphatic carbocycles. The van der Waals surface area contributed by atoms with Gasteiger partial charge in [0.1, 0.15) is 0 Å². The van der Waals surface area contributed by atoms with Gasteiger partial charge in [0, 0.05) is 0 Å². The molecule has 1 rings (SSSR count). The molecule has 0 radical (unpaired) electrons. The normalized spacial score (nSPS) is 17.4. The van der Waals surface area contributed by atoms with E-state index in [1.165, 1.54) is 5.57 Å². The molecule has 0 spiro atoms. The number of allylic oxidation sites excluding steroid dienone is 4. The van der Waals surface area contributed by atoms with E-state index in [4.69, 9.17) is 0 Å². The summed E-state index contributed by atoms with van der Waals surface area (Å²) in [6, 6.07) is 0. The molecule has 0 saturated heterocycles. The van der Waals surface area contributed by atoms with Gasteiger partial charge >= 0.3 is 87.2 Å². The molecule has 0 saturated carbocycles. The molecule has 0 N–H and O–H groups in total. The maximum atomic E-state index is 11.0. The Morgan fingerprint density at radius 2 is 2.36 bits per heavy atom. The summed E-state index contributed by atoms with van der Waals surface area (Å²) in [6.45, 7) is 4.38. The molecule has 0 bridgehead atoms. The van der Waals surface area contributed by atoms with Gasteiger partial charge in [-0.2, -0.15) is 0 Å². The van der Waals surface area contributed by atoms with E-state index in [-0.39, 0.29) is 8.08 Å². The summed E-state index contributed by atoms with van der Waals surface area (Å²) in [4.78, 5) is 0. The molecule has 0 aromatic carbocycles. The van der Waals surface area contributed by atoms with Gasteiger partial charge in [-0.15, -0.1) is 0 Å². The Morgan fingerprint density at radius 1 is 1.57 bits per heavy atom. The summed E-state index contributed by atoms with van der Waals surface area (Å²) in [7, 11) is 0.195. The average Bonchev–Trinajstić information content (AvgIpc) is 2.26. The van der Waals surface area contributed by atoms with Crippen molar-refractivity contribution in [1.82, 2.24) is 0 Å². The predicted molar refractivity (Wildman–Crippen MR) is 63.1 cm³/mol. The zero-order chi connectivity index (χ0) is 10.4. The van der Waals surface area contributed by atoms with Crippen molar-refractivity contribution >= 4 is 13.4 Å². The molecule has 1 unspecified atom stereocenters. The van der Waals surface area contributed by atoms with Crippen molar-refractivity contribution in [3.63, 3.8) is 0 Å². The van der Waals surface area contributed by atoms with Crippen molar-refractivity contribution in [3.8, 4) is 0 Å². The molecule has 0 fully saturated rings. The van der Waals surface area contributed by atoms with Gasteiger partial charge in [0.2, 0.25) is 0 Å². The average molecular weight is 209 g/mol. The van der Waals surface area contributed by atoms with Gasteiger partial charge in [0.15, 0.2) is 0 Å². The zero-order valence-electron chi connectivity index (χ0n) is 8.99. The monoisotopic (exact) mass is 209 g/mol. The van der Waals surface area contributed by atoms with Crippen LogP contribution < -0.4 is 0 Å². The van der Waals surface area contributed by atoms with Gasteiger partial charge in [0.25, 0.3) is 0 Å². The van der Waals surface area contributed by atoms with Crippen LogP contribution in [0.1, 0.15) is 39.5 Å². The first-order valence-corrected chi connectivity index (χ1v) is 6.15. The van der Waals surface area contributed by atoms with Crippen LogP contribution >= 0.6 is 8.08 Å². The molecule has 2 heteroatoms. The topological polar surface area (TPSA) is 17.1 Å². The Kier molecular flexibility index (Phi) is 5.11. The number of hydrogen-bond donors (Lipinski definition) is 0. The molecule has 1 atom stereocenters. The predicted octanol–water partition coefficient (Wildman–Crippen LogP) is 4.16. The second kappa shape index (κ2) is 6.14. The van der Waals surface area contributed by atoms with E-state index in [2.05, 4.69) is 32.1 Å². The van der Waals surface area contributed by atoms with Crippen LogP contribution in [0.15, 0.2) is 23.8 Å². The fraction of sp³-hybridized carbons (Fsp3) is 0.583. The first-order valence-electron chi connectivity index (χ1n) is 5.34. The van der Waals surface area contributed by atoms with Crippen LogP contribution in [0.5, 0.6) is 0 Å². The van der Waals surface area contributed by atoms with Gasteiger partial charge in [-0.1, -0.05) is 0 Å². The molecule has 14 heavy (non-hydrogen) atoms. The van der Waals surface area contributed by atoms with Gasteiger partial charge in [-0.05, 0) is 0 Å². The van der Waals surface area contributed by atoms with E-state index in [0.717, 1.165) is 31.0 Å². The Labute approximate surface area is 87.7 Å². The van der Waals surface area contributed by atoms with E-state index in [1.807, 2.05) is 0 Å². The van der Waals surface area contributed by atoms with Crippen LogP contribution in [0.4, 0.5) is 0 Å². The third-order valence-corrected chi connectivity index (χ3v) is 3.34. The van der Waals surface area contributed by atoms with Crippen LogP contribution in [0.2, 0.25) is 0 Å². The fourth-order valence-corrected chi connectivity index (χ4v) is 2.17. The van der Waals surface area contributed by atoms with Crippen LogP contribution in [-0.4, -0.2) is 5.29 Å². The molecule has 0 amide bonds. The molecule has 1 aliphatic rings. The summed E-state index contributed by atoms with van der Waals surface area (Å²) in [5, 5.41) is 1.07. The van der Waals surface area contributed by atoms with Crippen LogP contribution in [-0.2, 0) is 4.57 Å². The Morgan fingerprint density at radius 3 is 2.86 bits per heavy atom. The van der Waals surface area contributed by atoms with Crippen molar-refractivity contribution in [1.29, 1.82) is 0 Å². The van der Waals surface area contributed by atoms with Crippen LogP contribution in [0.25, 0.3) is 0 Å². The summed E-state index contributed by atoms with van der Waals surface area (Å²) in [5.41, 5.74) is 1.19. The van der Waals surface area contributed by atoms with Crippen LogP contribution in [0, 0.1) is 5.92 Å². The summed E-state index contributed by atoms with van der Waals surface area (Å²) in [5.74, 6) is 0.627. The van der Waals surface area contributed by atoms with E-state index < -0.39 is 0 Å². The first-order chi connectivity index (χ1) is 6.77. The standard InChI is InChI=1S/C12H18OP/c1-3-10(2)9-12(14-13)11-7-5-4-6-8-11/h5,7-8,10H,3-4,6,9H2,1-2H3/q+1. The van der Waals surface area contributed by atoms with E-state index in [1.54, 1.807) is 0 Å². The van der Waals surface area contributed by atoms with E-state index in [9.17, 15) is 4.57 Å². The van der Waals surface area contributed by atoms with Crippen molar-refractivity contribution < 1.29 is 4.57 Å². The number of rotatable bonds is 4.